The van der Waals surface area contributed by atoms with Gasteiger partial charge in [-0.1, -0.05) is 158 Å². The van der Waals surface area contributed by atoms with E-state index in [4.69, 9.17) is 56.8 Å². The molecule has 2 fully saturated rings. The summed E-state index contributed by atoms with van der Waals surface area (Å²) < 4.78 is 80.6. The molecule has 2 aliphatic heterocycles. The molecular weight excluding hydrogens is 969 g/mol. The SMILES string of the molecule is C=CCO[C@H]1[C@@H](OCc2ccccc2)[C@@H](COC(=O)CCC(C)=O)O[C@@H](O[C@H]2[C@H](OCc3ccccc3)[C@@H](OCc3ccccc3)[C@H](Oc3ccc(OC)cc3)O[C@@H]2COCc2ccccc2)[C@@H]1OCc1ccccc1. The maximum atomic E-state index is 13.3. The Morgan fingerprint density at radius 2 is 0.895 bits per heavy atom. The summed E-state index contributed by atoms with van der Waals surface area (Å²) in [5, 5.41) is 0. The van der Waals surface area contributed by atoms with Crippen molar-refractivity contribution in [3.05, 3.63) is 216 Å². The molecular formula is C62H68O14. The summed E-state index contributed by atoms with van der Waals surface area (Å²) in [6.07, 6.45) is -8.34. The Labute approximate surface area is 445 Å². The summed E-state index contributed by atoms with van der Waals surface area (Å²) in [5.74, 6) is 0.445. The summed E-state index contributed by atoms with van der Waals surface area (Å²) in [6.45, 7) is 6.13. The number of carbonyl (C=O) groups is 2. The van der Waals surface area contributed by atoms with Crippen LogP contribution in [0.5, 0.6) is 11.5 Å². The Bertz CT molecular complexity index is 2610. The fourth-order valence-corrected chi connectivity index (χ4v) is 8.91. The van der Waals surface area contributed by atoms with Gasteiger partial charge in [0, 0.05) is 6.42 Å². The van der Waals surface area contributed by atoms with Crippen LogP contribution in [0.3, 0.4) is 0 Å². The van der Waals surface area contributed by atoms with Crippen LogP contribution < -0.4 is 9.47 Å². The van der Waals surface area contributed by atoms with Crippen molar-refractivity contribution in [2.24, 2.45) is 0 Å². The molecule has 0 saturated carbocycles. The van der Waals surface area contributed by atoms with Gasteiger partial charge in [0.15, 0.2) is 6.29 Å². The summed E-state index contributed by atoms with van der Waals surface area (Å²) in [6, 6.07) is 56.1. The Morgan fingerprint density at radius 1 is 0.474 bits per heavy atom. The summed E-state index contributed by atoms with van der Waals surface area (Å²) >= 11 is 0. The number of benzene rings is 6. The number of methoxy groups -OCH3 is 1. The summed E-state index contributed by atoms with van der Waals surface area (Å²) in [7, 11) is 1.60. The highest BCUT2D eigenvalue weighted by atomic mass is 16.8. The molecule has 0 unspecified atom stereocenters. The van der Waals surface area contributed by atoms with Gasteiger partial charge in [0.25, 0.3) is 0 Å². The lowest BCUT2D eigenvalue weighted by Gasteiger charge is -2.50. The van der Waals surface area contributed by atoms with E-state index in [2.05, 4.69) is 6.58 Å². The van der Waals surface area contributed by atoms with E-state index in [0.29, 0.717) is 11.5 Å². The van der Waals surface area contributed by atoms with Gasteiger partial charge < -0.3 is 61.6 Å². The number of hydrogen-bond donors (Lipinski definition) is 0. The van der Waals surface area contributed by atoms with Crippen molar-refractivity contribution < 1.29 is 66.4 Å². The Kier molecular flexibility index (Phi) is 21.7. The van der Waals surface area contributed by atoms with E-state index < -0.39 is 67.4 Å². The van der Waals surface area contributed by atoms with Gasteiger partial charge >= 0.3 is 5.97 Å². The average molecular weight is 1040 g/mol. The monoisotopic (exact) mass is 1040 g/mol. The van der Waals surface area contributed by atoms with Crippen LogP contribution >= 0.6 is 0 Å². The van der Waals surface area contributed by atoms with E-state index in [1.54, 1.807) is 25.3 Å². The Balaban J connectivity index is 1.21. The second-order valence-electron chi connectivity index (χ2n) is 18.5. The van der Waals surface area contributed by atoms with Gasteiger partial charge in [-0.25, -0.2) is 0 Å². The normalized spacial score (nSPS) is 23.3. The molecule has 8 rings (SSSR count). The van der Waals surface area contributed by atoms with Crippen molar-refractivity contribution in [1.82, 2.24) is 0 Å². The first-order chi connectivity index (χ1) is 37.3. The van der Waals surface area contributed by atoms with Gasteiger partial charge in [0.1, 0.15) is 72.7 Å². The maximum Gasteiger partial charge on any atom is 0.306 e. The molecule has 0 amide bonds. The average Bonchev–Trinajstić information content (AvgIpc) is 3.49. The van der Waals surface area contributed by atoms with Gasteiger partial charge in [-0.3, -0.25) is 4.79 Å². The molecule has 6 aromatic rings. The quantitative estimate of drug-likeness (QED) is 0.0325. The van der Waals surface area contributed by atoms with Crippen LogP contribution in [0, 0.1) is 0 Å². The van der Waals surface area contributed by atoms with Crippen molar-refractivity contribution in [3.8, 4) is 11.5 Å². The van der Waals surface area contributed by atoms with Crippen LogP contribution in [0.15, 0.2) is 189 Å². The zero-order valence-corrected chi connectivity index (χ0v) is 43.1. The van der Waals surface area contributed by atoms with Crippen LogP contribution in [-0.2, 0) is 90.0 Å². The third-order valence-electron chi connectivity index (χ3n) is 12.8. The minimum Gasteiger partial charge on any atom is -0.497 e. The van der Waals surface area contributed by atoms with Crippen LogP contribution in [0.4, 0.5) is 0 Å². The van der Waals surface area contributed by atoms with E-state index in [0.717, 1.165) is 27.8 Å². The smallest absolute Gasteiger partial charge is 0.306 e. The highest BCUT2D eigenvalue weighted by molar-refractivity contribution is 5.81. The molecule has 2 saturated heterocycles. The first-order valence-electron chi connectivity index (χ1n) is 25.7. The molecule has 0 aromatic heterocycles. The molecule has 76 heavy (non-hydrogen) atoms. The standard InChI is InChI=1S/C62H68O14/c1-4-36-67-57-55(69-38-46-22-12-6-13-23-46)53(43-68-54(64)35-30-44(2)63)75-62(59(57)71-40-48-26-16-8-17-27-48)76-56-52(42-66-37-45-20-10-5-11-21-45)74-61(73-51-33-31-50(65-3)32-34-51)60(72-41-49-28-18-9-19-29-49)58(56)70-39-47-24-14-7-15-25-47/h4-29,31-34,52-53,55-62H,1,30,35-43H2,2-3H3/t52-,53-,55+,56-,57+,58+,59-,60-,61-,62+/m1/s1. The molecule has 0 N–H and O–H groups in total. The zero-order chi connectivity index (χ0) is 52.7. The number of carbonyl (C=O) groups excluding carboxylic acids is 2. The number of hydrogen-bond acceptors (Lipinski definition) is 14. The van der Waals surface area contributed by atoms with Gasteiger partial charge in [0.05, 0.1) is 59.8 Å². The van der Waals surface area contributed by atoms with E-state index in [1.165, 1.54) is 6.92 Å². The topological polar surface area (TPSA) is 145 Å². The molecule has 0 aliphatic carbocycles. The molecule has 14 heteroatoms. The molecule has 10 atom stereocenters. The molecule has 14 nitrogen and oxygen atoms in total. The van der Waals surface area contributed by atoms with Gasteiger partial charge in [-0.2, -0.15) is 0 Å². The molecule has 2 aliphatic rings. The van der Waals surface area contributed by atoms with Crippen LogP contribution in [0.2, 0.25) is 0 Å². The van der Waals surface area contributed by atoms with Crippen molar-refractivity contribution in [2.75, 3.05) is 26.9 Å². The molecule has 2 heterocycles. The first-order valence-corrected chi connectivity index (χ1v) is 25.7. The Hall–Kier alpha value is -6.56. The largest absolute Gasteiger partial charge is 0.497 e. The lowest BCUT2D eigenvalue weighted by Crippen LogP contribution is -2.67. The van der Waals surface area contributed by atoms with Gasteiger partial charge in [-0.15, -0.1) is 6.58 Å². The lowest BCUT2D eigenvalue weighted by atomic mass is 9.95. The van der Waals surface area contributed by atoms with E-state index in [-0.39, 0.29) is 71.5 Å². The van der Waals surface area contributed by atoms with Gasteiger partial charge in [-0.05, 0) is 59.0 Å². The highest BCUT2D eigenvalue weighted by Crippen LogP contribution is 2.37. The zero-order valence-electron chi connectivity index (χ0n) is 43.1. The van der Waals surface area contributed by atoms with E-state index in [9.17, 15) is 9.59 Å². The van der Waals surface area contributed by atoms with Gasteiger partial charge in [0.2, 0.25) is 6.29 Å². The Morgan fingerprint density at radius 3 is 1.38 bits per heavy atom. The van der Waals surface area contributed by atoms with Crippen molar-refractivity contribution in [1.29, 1.82) is 0 Å². The number of ether oxygens (including phenoxy) is 12. The van der Waals surface area contributed by atoms with Crippen LogP contribution in [0.25, 0.3) is 0 Å². The predicted octanol–water partition coefficient (Wildman–Crippen LogP) is 9.95. The van der Waals surface area contributed by atoms with Crippen molar-refractivity contribution in [2.45, 2.75) is 114 Å². The first kappa shape index (κ1) is 55.7. The molecule has 400 valence electrons. The van der Waals surface area contributed by atoms with E-state index >= 15 is 0 Å². The second kappa shape index (κ2) is 29.7. The highest BCUT2D eigenvalue weighted by Gasteiger charge is 2.55. The minimum atomic E-state index is -1.27. The number of rotatable bonds is 29. The molecule has 6 aromatic carbocycles. The fourth-order valence-electron chi connectivity index (χ4n) is 8.91. The number of Topliss-reactive ketones (excluding diaryl/α,β-unsaturated/α-hetero) is 1. The van der Waals surface area contributed by atoms with Crippen molar-refractivity contribution >= 4 is 11.8 Å². The third kappa shape index (κ3) is 16.7. The predicted molar refractivity (Wildman–Crippen MR) is 283 cm³/mol. The molecule has 0 radical (unpaired) electrons. The second-order valence-corrected chi connectivity index (χ2v) is 18.5. The minimum absolute atomic E-state index is 0.0112. The molecule has 0 spiro atoms. The molecule has 0 bridgehead atoms. The number of esters is 1. The summed E-state index contributed by atoms with van der Waals surface area (Å²) in [5.41, 5.74) is 4.55. The summed E-state index contributed by atoms with van der Waals surface area (Å²) in [4.78, 5) is 25.2. The third-order valence-corrected chi connectivity index (χ3v) is 12.8. The van der Waals surface area contributed by atoms with Crippen molar-refractivity contribution in [3.63, 3.8) is 0 Å². The van der Waals surface area contributed by atoms with E-state index in [1.807, 2.05) is 164 Å². The maximum absolute atomic E-state index is 13.3. The van der Waals surface area contributed by atoms with Crippen LogP contribution in [-0.4, -0.2) is 100 Å². The van der Waals surface area contributed by atoms with Crippen LogP contribution in [0.1, 0.15) is 47.6 Å². The lowest BCUT2D eigenvalue weighted by molar-refractivity contribution is -0.370. The number of ketones is 1. The fraction of sp³-hybridized carbons (Fsp3) is 0.355.